The van der Waals surface area contributed by atoms with Gasteiger partial charge in [0.2, 0.25) is 10.0 Å². The highest BCUT2D eigenvalue weighted by Gasteiger charge is 2.34. The summed E-state index contributed by atoms with van der Waals surface area (Å²) in [6.45, 7) is 4.91. The topological polar surface area (TPSA) is 67.4 Å². The molecule has 0 spiro atoms. The Morgan fingerprint density at radius 3 is 2.71 bits per heavy atom. The van der Waals surface area contributed by atoms with Crippen LogP contribution < -0.4 is 10.0 Å². The van der Waals surface area contributed by atoms with Crippen LogP contribution in [-0.2, 0) is 14.8 Å². The second-order valence-electron chi connectivity index (χ2n) is 5.44. The Hall–Kier alpha value is -0.170. The summed E-state index contributed by atoms with van der Waals surface area (Å²) in [4.78, 5) is 0. The molecular weight excluding hydrogens is 240 g/mol. The van der Waals surface area contributed by atoms with Gasteiger partial charge in [-0.15, -0.1) is 0 Å². The lowest BCUT2D eigenvalue weighted by molar-refractivity contribution is 0.178. The summed E-state index contributed by atoms with van der Waals surface area (Å²) < 4.78 is 32.2. The fourth-order valence-corrected chi connectivity index (χ4v) is 4.47. The highest BCUT2D eigenvalue weighted by Crippen LogP contribution is 2.20. The lowest BCUT2D eigenvalue weighted by atomic mass is 10.0. The molecule has 0 aliphatic carbocycles. The summed E-state index contributed by atoms with van der Waals surface area (Å²) in [7, 11) is -3.18. The molecule has 0 aromatic rings. The van der Waals surface area contributed by atoms with E-state index < -0.39 is 15.6 Å². The van der Waals surface area contributed by atoms with Crippen LogP contribution in [0.1, 0.15) is 26.2 Å². The fraction of sp³-hybridized carbons (Fsp3) is 1.00. The average molecular weight is 262 g/mol. The van der Waals surface area contributed by atoms with Crippen molar-refractivity contribution in [3.63, 3.8) is 0 Å². The van der Waals surface area contributed by atoms with Gasteiger partial charge in [0.1, 0.15) is 0 Å². The molecular formula is C11H22N2O3S. The molecule has 2 saturated heterocycles. The smallest absolute Gasteiger partial charge is 0.212 e. The molecule has 2 aliphatic rings. The Morgan fingerprint density at radius 2 is 2.12 bits per heavy atom. The average Bonchev–Trinajstić information content (AvgIpc) is 2.64. The van der Waals surface area contributed by atoms with Gasteiger partial charge in [0.05, 0.1) is 17.9 Å². The van der Waals surface area contributed by atoms with Crippen molar-refractivity contribution in [3.05, 3.63) is 0 Å². The van der Waals surface area contributed by atoms with Gasteiger partial charge in [0.25, 0.3) is 0 Å². The maximum absolute atomic E-state index is 12.1. The van der Waals surface area contributed by atoms with E-state index in [2.05, 4.69) is 10.0 Å². The molecule has 2 heterocycles. The van der Waals surface area contributed by atoms with E-state index in [0.717, 1.165) is 32.4 Å². The first-order valence-electron chi connectivity index (χ1n) is 6.29. The summed E-state index contributed by atoms with van der Waals surface area (Å²) in [5, 5.41) is 3.25. The number of hydrogen-bond donors (Lipinski definition) is 2. The van der Waals surface area contributed by atoms with Crippen molar-refractivity contribution in [2.24, 2.45) is 5.92 Å². The third-order valence-electron chi connectivity index (χ3n) is 3.53. The predicted octanol–water partition coefficient (Wildman–Crippen LogP) is 0.0844. The zero-order valence-electron chi connectivity index (χ0n) is 10.4. The third-order valence-corrected chi connectivity index (χ3v) is 5.25. The van der Waals surface area contributed by atoms with E-state index in [1.54, 1.807) is 0 Å². The van der Waals surface area contributed by atoms with Crippen LogP contribution in [0.5, 0.6) is 0 Å². The molecule has 0 amide bonds. The lowest BCUT2D eigenvalue weighted by Gasteiger charge is -2.27. The molecule has 6 heteroatoms. The van der Waals surface area contributed by atoms with Crippen LogP contribution in [0.2, 0.25) is 0 Å². The largest absolute Gasteiger partial charge is 0.379 e. The Morgan fingerprint density at radius 1 is 1.41 bits per heavy atom. The van der Waals surface area contributed by atoms with Crippen LogP contribution in [-0.4, -0.2) is 46.0 Å². The Labute approximate surface area is 103 Å². The lowest BCUT2D eigenvalue weighted by Crippen LogP contribution is -2.48. The van der Waals surface area contributed by atoms with Crippen molar-refractivity contribution >= 4 is 10.0 Å². The van der Waals surface area contributed by atoms with E-state index in [4.69, 9.17) is 4.74 Å². The van der Waals surface area contributed by atoms with Crippen LogP contribution in [0.3, 0.4) is 0 Å². The minimum absolute atomic E-state index is 0.254. The molecule has 2 fully saturated rings. The minimum atomic E-state index is -3.18. The summed E-state index contributed by atoms with van der Waals surface area (Å²) in [6, 6.07) is 0. The highest BCUT2D eigenvalue weighted by molar-refractivity contribution is 7.89. The number of rotatable bonds is 4. The van der Waals surface area contributed by atoms with Gasteiger partial charge in [-0.2, -0.15) is 0 Å². The molecule has 0 radical (unpaired) electrons. The van der Waals surface area contributed by atoms with E-state index in [9.17, 15) is 8.42 Å². The number of piperidine rings is 1. The van der Waals surface area contributed by atoms with Crippen molar-refractivity contribution in [2.75, 3.05) is 32.1 Å². The van der Waals surface area contributed by atoms with Gasteiger partial charge < -0.3 is 10.1 Å². The van der Waals surface area contributed by atoms with Gasteiger partial charge in [-0.1, -0.05) is 0 Å². The van der Waals surface area contributed by atoms with Crippen molar-refractivity contribution in [1.82, 2.24) is 10.0 Å². The van der Waals surface area contributed by atoms with Crippen molar-refractivity contribution in [2.45, 2.75) is 31.7 Å². The van der Waals surface area contributed by atoms with Gasteiger partial charge in [-0.05, 0) is 45.2 Å². The maximum atomic E-state index is 12.1. The standard InChI is InChI=1S/C11H22N2O3S/c1-11(4-7-16-9-11)13-17(14,15)8-10-2-5-12-6-3-10/h10,12-13H,2-9H2,1H3. The van der Waals surface area contributed by atoms with Crippen molar-refractivity contribution in [1.29, 1.82) is 0 Å². The van der Waals surface area contributed by atoms with Gasteiger partial charge in [-0.3, -0.25) is 0 Å². The minimum Gasteiger partial charge on any atom is -0.379 e. The fourth-order valence-electron chi connectivity index (χ4n) is 2.52. The van der Waals surface area contributed by atoms with Crippen molar-refractivity contribution in [3.8, 4) is 0 Å². The third kappa shape index (κ3) is 3.91. The molecule has 0 saturated carbocycles. The molecule has 1 atom stereocenters. The molecule has 2 N–H and O–H groups in total. The Kier molecular flexibility index (Phi) is 4.07. The number of sulfonamides is 1. The van der Waals surface area contributed by atoms with Crippen molar-refractivity contribution < 1.29 is 13.2 Å². The zero-order valence-corrected chi connectivity index (χ0v) is 11.2. The number of hydrogen-bond acceptors (Lipinski definition) is 4. The van der Waals surface area contributed by atoms with E-state index in [1.807, 2.05) is 6.92 Å². The first-order valence-corrected chi connectivity index (χ1v) is 7.94. The molecule has 5 nitrogen and oxygen atoms in total. The summed E-state index contributed by atoms with van der Waals surface area (Å²) in [5.41, 5.74) is -0.397. The molecule has 1 unspecified atom stereocenters. The maximum Gasteiger partial charge on any atom is 0.212 e. The first-order chi connectivity index (χ1) is 7.99. The number of ether oxygens (including phenoxy) is 1. The quantitative estimate of drug-likeness (QED) is 0.753. The number of nitrogens with one attached hydrogen (secondary N) is 2. The van der Waals surface area contributed by atoms with Crippen LogP contribution >= 0.6 is 0 Å². The molecule has 17 heavy (non-hydrogen) atoms. The Balaban J connectivity index is 1.89. The SMILES string of the molecule is CC1(NS(=O)(=O)CC2CCNCC2)CCOC1. The molecule has 2 rings (SSSR count). The molecule has 100 valence electrons. The normalized spacial score (nSPS) is 31.8. The van der Waals surface area contributed by atoms with Gasteiger partial charge >= 0.3 is 0 Å². The predicted molar refractivity (Wildman–Crippen MR) is 66.4 cm³/mol. The first kappa shape index (κ1) is 13.3. The molecule has 0 aromatic carbocycles. The molecule has 0 bridgehead atoms. The summed E-state index contributed by atoms with van der Waals surface area (Å²) >= 11 is 0. The molecule has 0 aromatic heterocycles. The second kappa shape index (κ2) is 5.22. The van der Waals surface area contributed by atoms with Gasteiger partial charge in [0.15, 0.2) is 0 Å². The highest BCUT2D eigenvalue weighted by atomic mass is 32.2. The summed E-state index contributed by atoms with van der Waals surface area (Å²) in [5.74, 6) is 0.546. The van der Waals surface area contributed by atoms with Crippen LogP contribution in [0.25, 0.3) is 0 Å². The van der Waals surface area contributed by atoms with E-state index in [1.165, 1.54) is 0 Å². The monoisotopic (exact) mass is 262 g/mol. The summed E-state index contributed by atoms with van der Waals surface area (Å²) in [6.07, 6.45) is 2.67. The second-order valence-corrected chi connectivity index (χ2v) is 7.21. The van der Waals surface area contributed by atoms with Crippen LogP contribution in [0, 0.1) is 5.92 Å². The molecule has 2 aliphatic heterocycles. The van der Waals surface area contributed by atoms with E-state index >= 15 is 0 Å². The van der Waals surface area contributed by atoms with Gasteiger partial charge in [0, 0.05) is 6.61 Å². The van der Waals surface area contributed by atoms with E-state index in [0.29, 0.717) is 19.1 Å². The van der Waals surface area contributed by atoms with Crippen LogP contribution in [0.4, 0.5) is 0 Å². The Bertz CT molecular complexity index is 344. The van der Waals surface area contributed by atoms with E-state index in [-0.39, 0.29) is 5.75 Å². The zero-order chi connectivity index (χ0) is 12.4. The van der Waals surface area contributed by atoms with Crippen LogP contribution in [0.15, 0.2) is 0 Å². The van der Waals surface area contributed by atoms with Gasteiger partial charge in [-0.25, -0.2) is 13.1 Å².